The molecule has 0 saturated heterocycles. The standard InChI is InChI=1S/C21H34O5Si/c1-8-24-20(23)14-13-18(25-16(2)22)15-17-11-9-10-12-19(17)26-27(6,7)21(3,4)5/h9-12,18H,8,13-15H2,1-7H3/t18-/m1/s1. The first-order chi connectivity index (χ1) is 12.5. The Bertz CT molecular complexity index is 634. The van der Waals surface area contributed by atoms with Gasteiger partial charge in [0.05, 0.1) is 6.61 Å². The van der Waals surface area contributed by atoms with Crippen LogP contribution in [0.4, 0.5) is 0 Å². The molecule has 0 aliphatic heterocycles. The van der Waals surface area contributed by atoms with Crippen molar-refractivity contribution in [3.63, 3.8) is 0 Å². The van der Waals surface area contributed by atoms with Crippen LogP contribution < -0.4 is 4.43 Å². The van der Waals surface area contributed by atoms with Crippen LogP contribution >= 0.6 is 0 Å². The van der Waals surface area contributed by atoms with Gasteiger partial charge < -0.3 is 13.9 Å². The number of benzene rings is 1. The van der Waals surface area contributed by atoms with Gasteiger partial charge in [0.15, 0.2) is 0 Å². The first-order valence-corrected chi connectivity index (χ1v) is 12.5. The lowest BCUT2D eigenvalue weighted by Crippen LogP contribution is -2.44. The largest absolute Gasteiger partial charge is 0.543 e. The van der Waals surface area contributed by atoms with E-state index in [4.69, 9.17) is 13.9 Å². The van der Waals surface area contributed by atoms with Crippen molar-refractivity contribution in [1.82, 2.24) is 0 Å². The SMILES string of the molecule is CCOC(=O)CC[C@H](Cc1ccccc1O[Si](C)(C)C(C)(C)C)OC(C)=O. The third-order valence-electron chi connectivity index (χ3n) is 4.90. The molecule has 0 radical (unpaired) electrons. The maximum atomic E-state index is 11.7. The molecule has 0 heterocycles. The van der Waals surface area contributed by atoms with E-state index in [9.17, 15) is 9.59 Å². The lowest BCUT2D eigenvalue weighted by Gasteiger charge is -2.37. The van der Waals surface area contributed by atoms with Crippen molar-refractivity contribution in [3.05, 3.63) is 29.8 Å². The molecular formula is C21H34O5Si. The van der Waals surface area contributed by atoms with Gasteiger partial charge in [-0.3, -0.25) is 9.59 Å². The highest BCUT2D eigenvalue weighted by Gasteiger charge is 2.39. The van der Waals surface area contributed by atoms with Gasteiger partial charge in [-0.15, -0.1) is 0 Å². The Morgan fingerprint density at radius 3 is 2.33 bits per heavy atom. The molecule has 0 unspecified atom stereocenters. The summed E-state index contributed by atoms with van der Waals surface area (Å²) in [5, 5.41) is 0.0826. The molecular weight excluding hydrogens is 360 g/mol. The zero-order chi connectivity index (χ0) is 20.7. The summed E-state index contributed by atoms with van der Waals surface area (Å²) in [5.74, 6) is 0.199. The number of para-hydroxylation sites is 1. The fraction of sp³-hybridized carbons (Fsp3) is 0.619. The number of rotatable bonds is 9. The van der Waals surface area contributed by atoms with E-state index in [1.165, 1.54) is 6.92 Å². The van der Waals surface area contributed by atoms with Gasteiger partial charge in [-0.2, -0.15) is 0 Å². The molecule has 0 aromatic heterocycles. The number of hydrogen-bond acceptors (Lipinski definition) is 5. The molecule has 0 N–H and O–H groups in total. The fourth-order valence-electron chi connectivity index (χ4n) is 2.39. The number of carbonyl (C=O) groups is 2. The van der Waals surface area contributed by atoms with Gasteiger partial charge in [-0.25, -0.2) is 0 Å². The Kier molecular flexibility index (Phi) is 8.53. The molecule has 6 heteroatoms. The van der Waals surface area contributed by atoms with Gasteiger partial charge in [0.1, 0.15) is 11.9 Å². The molecule has 0 saturated carbocycles. The number of hydrogen-bond donors (Lipinski definition) is 0. The van der Waals surface area contributed by atoms with E-state index < -0.39 is 14.4 Å². The van der Waals surface area contributed by atoms with E-state index in [0.717, 1.165) is 11.3 Å². The Morgan fingerprint density at radius 2 is 1.78 bits per heavy atom. The molecule has 27 heavy (non-hydrogen) atoms. The van der Waals surface area contributed by atoms with E-state index in [1.54, 1.807) is 6.92 Å². The highest BCUT2D eigenvalue weighted by molar-refractivity contribution is 6.74. The van der Waals surface area contributed by atoms with Crippen LogP contribution in [0.15, 0.2) is 24.3 Å². The summed E-state index contributed by atoms with van der Waals surface area (Å²) in [7, 11) is -1.99. The second kappa shape index (κ2) is 9.92. The van der Waals surface area contributed by atoms with Crippen molar-refractivity contribution in [3.8, 4) is 5.75 Å². The van der Waals surface area contributed by atoms with Crippen molar-refractivity contribution in [1.29, 1.82) is 0 Å². The minimum absolute atomic E-state index is 0.0826. The third kappa shape index (κ3) is 7.75. The van der Waals surface area contributed by atoms with Gasteiger partial charge in [-0.1, -0.05) is 39.0 Å². The van der Waals surface area contributed by atoms with Gasteiger partial charge >= 0.3 is 11.9 Å². The zero-order valence-corrected chi connectivity index (χ0v) is 18.8. The Balaban J connectivity index is 2.95. The maximum Gasteiger partial charge on any atom is 0.305 e. The lowest BCUT2D eigenvalue weighted by molar-refractivity contribution is -0.150. The summed E-state index contributed by atoms with van der Waals surface area (Å²) in [6.07, 6.45) is 0.754. The van der Waals surface area contributed by atoms with Crippen LogP contribution in [-0.2, 0) is 25.5 Å². The summed E-state index contributed by atoms with van der Waals surface area (Å²) < 4.78 is 16.9. The van der Waals surface area contributed by atoms with Crippen LogP contribution in [0.1, 0.15) is 53.0 Å². The van der Waals surface area contributed by atoms with Crippen LogP contribution in [0.2, 0.25) is 18.1 Å². The second-order valence-corrected chi connectivity index (χ2v) is 13.0. The summed E-state index contributed by atoms with van der Waals surface area (Å²) in [4.78, 5) is 23.2. The maximum absolute atomic E-state index is 11.7. The predicted molar refractivity (Wildman–Crippen MR) is 109 cm³/mol. The minimum atomic E-state index is -1.99. The second-order valence-electron chi connectivity index (χ2n) is 8.25. The van der Waals surface area contributed by atoms with Crippen LogP contribution in [0.5, 0.6) is 5.75 Å². The lowest BCUT2D eigenvalue weighted by atomic mass is 10.0. The van der Waals surface area contributed by atoms with Gasteiger partial charge in [0.2, 0.25) is 8.32 Å². The van der Waals surface area contributed by atoms with Crippen LogP contribution in [0, 0.1) is 0 Å². The fourth-order valence-corrected chi connectivity index (χ4v) is 3.45. The highest BCUT2D eigenvalue weighted by Crippen LogP contribution is 2.38. The summed E-state index contributed by atoms with van der Waals surface area (Å²) >= 11 is 0. The van der Waals surface area contributed by atoms with Crippen molar-refractivity contribution in [2.75, 3.05) is 6.61 Å². The van der Waals surface area contributed by atoms with Gasteiger partial charge in [-0.05, 0) is 43.1 Å². The quantitative estimate of drug-likeness (QED) is 0.441. The number of esters is 2. The van der Waals surface area contributed by atoms with E-state index in [1.807, 2.05) is 24.3 Å². The van der Waals surface area contributed by atoms with E-state index in [2.05, 4.69) is 33.9 Å². The molecule has 0 spiro atoms. The first-order valence-electron chi connectivity index (χ1n) is 9.56. The summed E-state index contributed by atoms with van der Waals surface area (Å²) in [6, 6.07) is 7.85. The van der Waals surface area contributed by atoms with Crippen molar-refractivity contribution >= 4 is 20.3 Å². The van der Waals surface area contributed by atoms with Crippen molar-refractivity contribution in [2.45, 2.75) is 78.1 Å². The van der Waals surface area contributed by atoms with Gasteiger partial charge in [0.25, 0.3) is 0 Å². The Hall–Kier alpha value is -1.82. The molecule has 0 amide bonds. The molecule has 5 nitrogen and oxygen atoms in total. The number of ether oxygens (including phenoxy) is 2. The molecule has 0 aliphatic carbocycles. The van der Waals surface area contributed by atoms with Crippen LogP contribution in [0.25, 0.3) is 0 Å². The highest BCUT2D eigenvalue weighted by atomic mass is 28.4. The molecule has 152 valence electrons. The van der Waals surface area contributed by atoms with E-state index in [-0.39, 0.29) is 23.4 Å². The predicted octanol–water partition coefficient (Wildman–Crippen LogP) is 4.89. The summed E-state index contributed by atoms with van der Waals surface area (Å²) in [6.45, 7) is 14.5. The molecule has 1 atom stereocenters. The van der Waals surface area contributed by atoms with Gasteiger partial charge in [0, 0.05) is 19.8 Å². The first kappa shape index (κ1) is 23.2. The zero-order valence-electron chi connectivity index (χ0n) is 17.8. The average Bonchev–Trinajstić information content (AvgIpc) is 2.53. The Labute approximate surface area is 164 Å². The molecule has 1 aromatic rings. The van der Waals surface area contributed by atoms with Crippen molar-refractivity contribution < 1.29 is 23.5 Å². The Morgan fingerprint density at radius 1 is 1.15 bits per heavy atom. The molecule has 0 aliphatic rings. The minimum Gasteiger partial charge on any atom is -0.543 e. The summed E-state index contributed by atoms with van der Waals surface area (Å²) in [5.41, 5.74) is 0.984. The average molecular weight is 395 g/mol. The van der Waals surface area contributed by atoms with E-state index >= 15 is 0 Å². The molecule has 0 fully saturated rings. The van der Waals surface area contributed by atoms with Crippen LogP contribution in [0.3, 0.4) is 0 Å². The topological polar surface area (TPSA) is 61.8 Å². The number of carbonyl (C=O) groups excluding carboxylic acids is 2. The molecule has 1 rings (SSSR count). The third-order valence-corrected chi connectivity index (χ3v) is 9.24. The van der Waals surface area contributed by atoms with E-state index in [0.29, 0.717) is 19.4 Å². The van der Waals surface area contributed by atoms with Crippen LogP contribution in [-0.4, -0.2) is 33.0 Å². The smallest absolute Gasteiger partial charge is 0.305 e. The monoisotopic (exact) mass is 394 g/mol. The molecule has 0 bridgehead atoms. The normalized spacial score (nSPS) is 13.0. The van der Waals surface area contributed by atoms with Crippen molar-refractivity contribution in [2.24, 2.45) is 0 Å². The molecule has 1 aromatic carbocycles.